The number of carbonyl (C=O) groups excluding carboxylic acids is 2. The van der Waals surface area contributed by atoms with E-state index in [1.807, 2.05) is 57.2 Å². The number of hydrogen-bond acceptors (Lipinski definition) is 4. The molecule has 0 aliphatic rings. The Morgan fingerprint density at radius 3 is 2.56 bits per heavy atom. The largest absolute Gasteiger partial charge is 0.346 e. The molecule has 0 aliphatic carbocycles. The highest BCUT2D eigenvalue weighted by Gasteiger charge is 2.11. The molecule has 3 rings (SSSR count). The number of nitrogens with zero attached hydrogens (tertiary/aromatic N) is 1. The third kappa shape index (κ3) is 4.89. The molecular formula is C20H22N4O2S. The van der Waals surface area contributed by atoms with Crippen LogP contribution in [0.5, 0.6) is 0 Å². The highest BCUT2D eigenvalue weighted by Crippen LogP contribution is 2.20. The summed E-state index contributed by atoms with van der Waals surface area (Å²) in [6.07, 6.45) is 0. The summed E-state index contributed by atoms with van der Waals surface area (Å²) < 4.78 is 0. The van der Waals surface area contributed by atoms with Gasteiger partial charge in [-0.1, -0.05) is 36.0 Å². The third-order valence-electron chi connectivity index (χ3n) is 4.15. The molecule has 0 unspecified atom stereocenters. The Morgan fingerprint density at radius 1 is 1.07 bits per heavy atom. The molecule has 7 heteroatoms. The summed E-state index contributed by atoms with van der Waals surface area (Å²) in [5.41, 5.74) is 5.75. The number of hydrogen-bond donors (Lipinski definition) is 3. The molecule has 2 aromatic carbocycles. The van der Waals surface area contributed by atoms with E-state index in [0.29, 0.717) is 5.16 Å². The zero-order valence-electron chi connectivity index (χ0n) is 15.6. The van der Waals surface area contributed by atoms with Crippen LogP contribution in [-0.4, -0.2) is 34.1 Å². The van der Waals surface area contributed by atoms with Crippen molar-refractivity contribution in [1.82, 2.24) is 15.3 Å². The second kappa shape index (κ2) is 8.26. The Balaban J connectivity index is 1.48. The second-order valence-electron chi connectivity index (χ2n) is 6.44. The summed E-state index contributed by atoms with van der Waals surface area (Å²) in [6.45, 7) is 5.83. The molecule has 6 nitrogen and oxygen atoms in total. The highest BCUT2D eigenvalue weighted by molar-refractivity contribution is 7.99. The number of nitrogens with one attached hydrogen (secondary N) is 3. The minimum absolute atomic E-state index is 0.0630. The number of aromatic nitrogens is 2. The number of rotatable bonds is 6. The van der Waals surface area contributed by atoms with E-state index in [1.54, 1.807) is 0 Å². The van der Waals surface area contributed by atoms with Crippen LogP contribution < -0.4 is 10.6 Å². The fraction of sp³-hybridized carbons (Fsp3) is 0.250. The van der Waals surface area contributed by atoms with Gasteiger partial charge in [0.05, 0.1) is 23.3 Å². The molecule has 0 saturated carbocycles. The van der Waals surface area contributed by atoms with Crippen LogP contribution in [0, 0.1) is 20.8 Å². The van der Waals surface area contributed by atoms with Gasteiger partial charge in [0.25, 0.3) is 0 Å². The van der Waals surface area contributed by atoms with Crippen molar-refractivity contribution in [1.29, 1.82) is 0 Å². The van der Waals surface area contributed by atoms with Gasteiger partial charge >= 0.3 is 0 Å². The summed E-state index contributed by atoms with van der Waals surface area (Å²) in [4.78, 5) is 31.8. The molecule has 1 heterocycles. The molecule has 2 amide bonds. The van der Waals surface area contributed by atoms with E-state index in [-0.39, 0.29) is 24.1 Å². The lowest BCUT2D eigenvalue weighted by molar-refractivity contribution is -0.122. The van der Waals surface area contributed by atoms with Crippen molar-refractivity contribution >= 4 is 40.3 Å². The second-order valence-corrected chi connectivity index (χ2v) is 7.41. The maximum absolute atomic E-state index is 12.1. The van der Waals surface area contributed by atoms with Crippen molar-refractivity contribution in [3.05, 3.63) is 53.1 Å². The Morgan fingerprint density at radius 2 is 1.81 bits per heavy atom. The molecule has 1 aromatic heterocycles. The quantitative estimate of drug-likeness (QED) is 0.571. The van der Waals surface area contributed by atoms with Crippen LogP contribution in [0.15, 0.2) is 41.6 Å². The van der Waals surface area contributed by atoms with E-state index in [4.69, 9.17) is 0 Å². The molecular weight excluding hydrogens is 360 g/mol. The minimum atomic E-state index is -0.245. The average molecular weight is 382 g/mol. The van der Waals surface area contributed by atoms with Gasteiger partial charge < -0.3 is 15.6 Å². The number of para-hydroxylation sites is 1. The van der Waals surface area contributed by atoms with Gasteiger partial charge in [0.2, 0.25) is 11.8 Å². The first kappa shape index (κ1) is 19.0. The van der Waals surface area contributed by atoms with E-state index in [2.05, 4.69) is 20.6 Å². The predicted molar refractivity (Wildman–Crippen MR) is 109 cm³/mol. The van der Waals surface area contributed by atoms with Gasteiger partial charge in [-0.15, -0.1) is 0 Å². The zero-order chi connectivity index (χ0) is 19.4. The van der Waals surface area contributed by atoms with Crippen LogP contribution in [0.4, 0.5) is 5.69 Å². The number of H-pyrrole nitrogens is 1. The Bertz CT molecular complexity index is 977. The summed E-state index contributed by atoms with van der Waals surface area (Å²) >= 11 is 1.31. The normalized spacial score (nSPS) is 10.8. The topological polar surface area (TPSA) is 86.9 Å². The zero-order valence-corrected chi connectivity index (χ0v) is 16.4. The predicted octanol–water partition coefficient (Wildman–Crippen LogP) is 3.34. The standard InChI is InChI=1S/C20H22N4O2S/c1-12-7-8-15-16(9-12)23-20(22-15)27-11-18(26)21-10-17(25)24-19-13(2)5-4-6-14(19)3/h4-9H,10-11H2,1-3H3,(H,21,26)(H,22,23)(H,24,25). The van der Waals surface area contributed by atoms with Crippen LogP contribution >= 0.6 is 11.8 Å². The molecule has 0 aliphatic heterocycles. The number of aryl methyl sites for hydroxylation is 3. The molecule has 0 spiro atoms. The fourth-order valence-electron chi connectivity index (χ4n) is 2.73. The Hall–Kier alpha value is -2.80. The number of amides is 2. The fourth-order valence-corrected chi connectivity index (χ4v) is 3.44. The van der Waals surface area contributed by atoms with Gasteiger partial charge in [-0.3, -0.25) is 9.59 Å². The van der Waals surface area contributed by atoms with Crippen LogP contribution in [0.3, 0.4) is 0 Å². The lowest BCUT2D eigenvalue weighted by atomic mass is 10.1. The van der Waals surface area contributed by atoms with Crippen molar-refractivity contribution in [2.45, 2.75) is 25.9 Å². The minimum Gasteiger partial charge on any atom is -0.346 e. The molecule has 27 heavy (non-hydrogen) atoms. The van der Waals surface area contributed by atoms with Crippen LogP contribution in [0.2, 0.25) is 0 Å². The molecule has 0 saturated heterocycles. The van der Waals surface area contributed by atoms with Gasteiger partial charge in [0, 0.05) is 5.69 Å². The first-order valence-electron chi connectivity index (χ1n) is 8.64. The van der Waals surface area contributed by atoms with Gasteiger partial charge in [-0.25, -0.2) is 4.98 Å². The van der Waals surface area contributed by atoms with Crippen molar-refractivity contribution in [2.75, 3.05) is 17.6 Å². The van der Waals surface area contributed by atoms with E-state index in [0.717, 1.165) is 33.4 Å². The Kier molecular flexibility index (Phi) is 5.81. The van der Waals surface area contributed by atoms with Crippen molar-refractivity contribution in [3.63, 3.8) is 0 Å². The van der Waals surface area contributed by atoms with Crippen molar-refractivity contribution < 1.29 is 9.59 Å². The monoisotopic (exact) mass is 382 g/mol. The first-order valence-corrected chi connectivity index (χ1v) is 9.63. The summed E-state index contributed by atoms with van der Waals surface area (Å²) in [6, 6.07) is 11.8. The lowest BCUT2D eigenvalue weighted by Crippen LogP contribution is -2.34. The highest BCUT2D eigenvalue weighted by atomic mass is 32.2. The number of carbonyl (C=O) groups is 2. The van der Waals surface area contributed by atoms with E-state index in [9.17, 15) is 9.59 Å². The van der Waals surface area contributed by atoms with Crippen molar-refractivity contribution in [2.24, 2.45) is 0 Å². The van der Waals surface area contributed by atoms with Crippen LogP contribution in [0.1, 0.15) is 16.7 Å². The summed E-state index contributed by atoms with van der Waals surface area (Å²) in [7, 11) is 0. The number of fused-ring (bicyclic) bond motifs is 1. The molecule has 0 fully saturated rings. The molecule has 0 bridgehead atoms. The maximum atomic E-state index is 12.1. The van der Waals surface area contributed by atoms with Crippen LogP contribution in [0.25, 0.3) is 11.0 Å². The van der Waals surface area contributed by atoms with Crippen LogP contribution in [-0.2, 0) is 9.59 Å². The number of imidazole rings is 1. The number of thioether (sulfide) groups is 1. The number of benzene rings is 2. The molecule has 3 aromatic rings. The first-order chi connectivity index (χ1) is 12.9. The van der Waals surface area contributed by atoms with Gasteiger partial charge in [0.15, 0.2) is 5.16 Å². The lowest BCUT2D eigenvalue weighted by Gasteiger charge is -2.11. The smallest absolute Gasteiger partial charge is 0.243 e. The average Bonchev–Trinajstić information content (AvgIpc) is 3.03. The van der Waals surface area contributed by atoms with E-state index >= 15 is 0 Å². The molecule has 0 radical (unpaired) electrons. The molecule has 140 valence electrons. The van der Waals surface area contributed by atoms with Crippen molar-refractivity contribution in [3.8, 4) is 0 Å². The van der Waals surface area contributed by atoms with Gasteiger partial charge in [0.1, 0.15) is 0 Å². The van der Waals surface area contributed by atoms with Gasteiger partial charge in [-0.2, -0.15) is 0 Å². The van der Waals surface area contributed by atoms with E-state index < -0.39 is 0 Å². The Labute approximate surface area is 162 Å². The number of aromatic amines is 1. The van der Waals surface area contributed by atoms with E-state index in [1.165, 1.54) is 11.8 Å². The number of anilines is 1. The third-order valence-corrected chi connectivity index (χ3v) is 5.02. The molecule has 3 N–H and O–H groups in total. The molecule has 0 atom stereocenters. The summed E-state index contributed by atoms with van der Waals surface area (Å²) in [5.74, 6) is -0.270. The maximum Gasteiger partial charge on any atom is 0.243 e. The SMILES string of the molecule is Cc1ccc2nc(SCC(=O)NCC(=O)Nc3c(C)cccc3C)[nH]c2c1. The summed E-state index contributed by atoms with van der Waals surface area (Å²) in [5, 5.41) is 6.18. The van der Waals surface area contributed by atoms with Gasteiger partial charge in [-0.05, 0) is 49.6 Å².